The molecule has 0 bridgehead atoms. The van der Waals surface area contributed by atoms with Crippen LogP contribution in [0.25, 0.3) is 0 Å². The van der Waals surface area contributed by atoms with Crippen LogP contribution in [0.5, 0.6) is 11.5 Å². The number of H-pyrrole nitrogens is 2. The van der Waals surface area contributed by atoms with Crippen molar-refractivity contribution in [1.82, 2.24) is 15.2 Å². The van der Waals surface area contributed by atoms with E-state index in [9.17, 15) is 9.59 Å². The van der Waals surface area contributed by atoms with Gasteiger partial charge in [-0.1, -0.05) is 18.2 Å². The highest BCUT2D eigenvalue weighted by Gasteiger charge is 2.10. The van der Waals surface area contributed by atoms with Crippen molar-refractivity contribution in [3.63, 3.8) is 0 Å². The van der Waals surface area contributed by atoms with Crippen molar-refractivity contribution in [2.24, 2.45) is 0 Å². The van der Waals surface area contributed by atoms with Crippen LogP contribution in [0.3, 0.4) is 0 Å². The van der Waals surface area contributed by atoms with Gasteiger partial charge in [-0.25, -0.2) is 9.89 Å². The van der Waals surface area contributed by atoms with Crippen LogP contribution < -0.4 is 15.7 Å². The number of anilines is 1. The van der Waals surface area contributed by atoms with Gasteiger partial charge >= 0.3 is 5.69 Å². The minimum absolute atomic E-state index is 0.0744. The van der Waals surface area contributed by atoms with Crippen LogP contribution in [0.15, 0.2) is 59.4 Å². The predicted molar refractivity (Wildman–Crippen MR) is 80.1 cm³/mol. The molecule has 110 valence electrons. The SMILES string of the molecule is O=C(Nc1ccc(Oc2ccccc2)cc1)c1n[nH]c(=O)[nH]1. The number of ether oxygens (including phenoxy) is 1. The Balaban J connectivity index is 1.66. The Bertz CT molecular complexity index is 822. The van der Waals surface area contributed by atoms with Crippen LogP contribution >= 0.6 is 0 Å². The molecule has 0 spiro atoms. The zero-order chi connectivity index (χ0) is 15.4. The molecule has 0 saturated carbocycles. The zero-order valence-electron chi connectivity index (χ0n) is 11.4. The monoisotopic (exact) mass is 296 g/mol. The van der Waals surface area contributed by atoms with E-state index in [2.05, 4.69) is 20.5 Å². The number of hydrogen-bond donors (Lipinski definition) is 3. The number of carbonyl (C=O) groups excluding carboxylic acids is 1. The molecule has 0 atom stereocenters. The molecule has 3 rings (SSSR count). The number of hydrogen-bond acceptors (Lipinski definition) is 4. The fourth-order valence-electron chi connectivity index (χ4n) is 1.80. The molecular formula is C15H12N4O3. The Hall–Kier alpha value is -3.35. The summed E-state index contributed by atoms with van der Waals surface area (Å²) in [6, 6.07) is 16.2. The Morgan fingerprint density at radius 2 is 1.68 bits per heavy atom. The van der Waals surface area contributed by atoms with E-state index in [1.807, 2.05) is 30.3 Å². The van der Waals surface area contributed by atoms with E-state index in [-0.39, 0.29) is 5.82 Å². The third-order valence-electron chi connectivity index (χ3n) is 2.81. The second-order valence-corrected chi connectivity index (χ2v) is 4.42. The van der Waals surface area contributed by atoms with Gasteiger partial charge < -0.3 is 10.1 Å². The molecule has 0 aliphatic rings. The summed E-state index contributed by atoms with van der Waals surface area (Å²) in [5.41, 5.74) is 0.0334. The molecule has 1 heterocycles. The van der Waals surface area contributed by atoms with Crippen LogP contribution in [0.1, 0.15) is 10.6 Å². The average molecular weight is 296 g/mol. The van der Waals surface area contributed by atoms with Gasteiger partial charge in [-0.3, -0.25) is 9.78 Å². The third kappa shape index (κ3) is 3.21. The summed E-state index contributed by atoms with van der Waals surface area (Å²) in [5.74, 6) is 0.801. The first-order chi connectivity index (χ1) is 10.7. The highest BCUT2D eigenvalue weighted by atomic mass is 16.5. The van der Waals surface area contributed by atoms with E-state index >= 15 is 0 Å². The van der Waals surface area contributed by atoms with Gasteiger partial charge in [-0.05, 0) is 36.4 Å². The van der Waals surface area contributed by atoms with Crippen molar-refractivity contribution >= 4 is 11.6 Å². The standard InChI is InChI=1S/C15H12N4O3/c20-14(13-17-15(21)19-18-13)16-10-6-8-12(9-7-10)22-11-4-2-1-3-5-11/h1-9H,(H,16,20)(H2,17,18,19,21). The number of amides is 1. The molecule has 22 heavy (non-hydrogen) atoms. The minimum Gasteiger partial charge on any atom is -0.457 e. The summed E-state index contributed by atoms with van der Waals surface area (Å²) in [4.78, 5) is 25.0. The van der Waals surface area contributed by atoms with Gasteiger partial charge in [0.1, 0.15) is 11.5 Å². The normalized spacial score (nSPS) is 10.2. The predicted octanol–water partition coefficient (Wildman–Crippen LogP) is 2.14. The van der Waals surface area contributed by atoms with Crippen LogP contribution in [-0.2, 0) is 0 Å². The third-order valence-corrected chi connectivity index (χ3v) is 2.81. The van der Waals surface area contributed by atoms with Crippen molar-refractivity contribution in [2.45, 2.75) is 0 Å². The largest absolute Gasteiger partial charge is 0.457 e. The van der Waals surface area contributed by atoms with Gasteiger partial charge in [0.2, 0.25) is 5.82 Å². The number of nitrogens with zero attached hydrogens (tertiary/aromatic N) is 1. The topological polar surface area (TPSA) is 99.9 Å². The first-order valence-corrected chi connectivity index (χ1v) is 6.50. The summed E-state index contributed by atoms with van der Waals surface area (Å²) in [7, 11) is 0. The second kappa shape index (κ2) is 5.96. The minimum atomic E-state index is -0.531. The van der Waals surface area contributed by atoms with E-state index < -0.39 is 11.6 Å². The fourth-order valence-corrected chi connectivity index (χ4v) is 1.80. The average Bonchev–Trinajstić information content (AvgIpc) is 2.97. The molecule has 0 radical (unpaired) electrons. The maximum Gasteiger partial charge on any atom is 0.341 e. The van der Waals surface area contributed by atoms with Gasteiger partial charge in [0.25, 0.3) is 5.91 Å². The lowest BCUT2D eigenvalue weighted by Gasteiger charge is -2.07. The summed E-state index contributed by atoms with van der Waals surface area (Å²) in [5, 5.41) is 8.30. The van der Waals surface area contributed by atoms with Crippen molar-refractivity contribution in [3.8, 4) is 11.5 Å². The number of carbonyl (C=O) groups is 1. The smallest absolute Gasteiger partial charge is 0.341 e. The van der Waals surface area contributed by atoms with Gasteiger partial charge in [-0.15, -0.1) is 5.10 Å². The lowest BCUT2D eigenvalue weighted by Crippen LogP contribution is -2.14. The number of rotatable bonds is 4. The fraction of sp³-hybridized carbons (Fsp3) is 0. The summed E-state index contributed by atoms with van der Waals surface area (Å²) < 4.78 is 5.65. The molecule has 7 heteroatoms. The van der Waals surface area contributed by atoms with E-state index in [4.69, 9.17) is 4.74 Å². The summed E-state index contributed by atoms with van der Waals surface area (Å²) in [6.45, 7) is 0. The van der Waals surface area contributed by atoms with Crippen molar-refractivity contribution in [3.05, 3.63) is 70.9 Å². The molecule has 3 aromatic rings. The Morgan fingerprint density at radius 3 is 2.32 bits per heavy atom. The molecule has 0 aliphatic carbocycles. The van der Waals surface area contributed by atoms with Gasteiger partial charge in [0.05, 0.1) is 0 Å². The number of benzene rings is 2. The van der Waals surface area contributed by atoms with E-state index in [1.54, 1.807) is 24.3 Å². The molecule has 3 N–H and O–H groups in total. The molecule has 1 amide bonds. The molecular weight excluding hydrogens is 284 g/mol. The molecule has 0 unspecified atom stereocenters. The van der Waals surface area contributed by atoms with E-state index in [0.717, 1.165) is 5.75 Å². The Morgan fingerprint density at radius 1 is 1.00 bits per heavy atom. The van der Waals surface area contributed by atoms with Gasteiger partial charge in [-0.2, -0.15) is 0 Å². The van der Waals surface area contributed by atoms with Crippen LogP contribution in [0, 0.1) is 0 Å². The summed E-state index contributed by atoms with van der Waals surface area (Å²) >= 11 is 0. The number of aromatic amines is 2. The van der Waals surface area contributed by atoms with Crippen LogP contribution in [0.4, 0.5) is 5.69 Å². The van der Waals surface area contributed by atoms with Gasteiger partial charge in [0.15, 0.2) is 0 Å². The molecule has 0 aliphatic heterocycles. The second-order valence-electron chi connectivity index (χ2n) is 4.42. The Kier molecular flexibility index (Phi) is 3.69. The number of aromatic nitrogens is 3. The number of nitrogens with one attached hydrogen (secondary N) is 3. The zero-order valence-corrected chi connectivity index (χ0v) is 11.4. The van der Waals surface area contributed by atoms with Crippen LogP contribution in [-0.4, -0.2) is 21.1 Å². The van der Waals surface area contributed by atoms with Crippen LogP contribution in [0.2, 0.25) is 0 Å². The lowest BCUT2D eigenvalue weighted by atomic mass is 10.3. The molecule has 0 saturated heterocycles. The summed E-state index contributed by atoms with van der Waals surface area (Å²) in [6.07, 6.45) is 0. The van der Waals surface area contributed by atoms with Crippen molar-refractivity contribution in [2.75, 3.05) is 5.32 Å². The Labute approximate surface area is 125 Å². The first-order valence-electron chi connectivity index (χ1n) is 6.50. The molecule has 2 aromatic carbocycles. The van der Waals surface area contributed by atoms with Crippen molar-refractivity contribution < 1.29 is 9.53 Å². The van der Waals surface area contributed by atoms with E-state index in [1.165, 1.54) is 0 Å². The maximum atomic E-state index is 11.8. The quantitative estimate of drug-likeness (QED) is 0.686. The van der Waals surface area contributed by atoms with Gasteiger partial charge in [0, 0.05) is 5.69 Å². The first kappa shape index (κ1) is 13.6. The number of para-hydroxylation sites is 1. The van der Waals surface area contributed by atoms with E-state index in [0.29, 0.717) is 11.4 Å². The highest BCUT2D eigenvalue weighted by molar-refractivity contribution is 6.01. The highest BCUT2D eigenvalue weighted by Crippen LogP contribution is 2.22. The molecule has 1 aromatic heterocycles. The molecule has 0 fully saturated rings. The lowest BCUT2D eigenvalue weighted by molar-refractivity contribution is 0.101. The van der Waals surface area contributed by atoms with Crippen molar-refractivity contribution in [1.29, 1.82) is 0 Å². The maximum absolute atomic E-state index is 11.8. The molecule has 7 nitrogen and oxygen atoms in total.